The number of morpholine rings is 1. The number of nitrogens with zero attached hydrogens (tertiary/aromatic N) is 2. The van der Waals surface area contributed by atoms with E-state index in [-0.39, 0.29) is 24.0 Å². The van der Waals surface area contributed by atoms with Gasteiger partial charge in [0.25, 0.3) is 0 Å². The number of hydrogen-bond acceptors (Lipinski definition) is 3. The Labute approximate surface area is 179 Å². The minimum absolute atomic E-state index is 0. The summed E-state index contributed by atoms with van der Waals surface area (Å²) in [7, 11) is 1.80. The van der Waals surface area contributed by atoms with Gasteiger partial charge in [0.1, 0.15) is 0 Å². The summed E-state index contributed by atoms with van der Waals surface area (Å²) < 4.78 is 5.42. The van der Waals surface area contributed by atoms with E-state index in [4.69, 9.17) is 4.74 Å². The van der Waals surface area contributed by atoms with Crippen LogP contribution in [0.4, 0.5) is 0 Å². The van der Waals surface area contributed by atoms with Crippen LogP contribution in [0.5, 0.6) is 0 Å². The summed E-state index contributed by atoms with van der Waals surface area (Å²) in [6.07, 6.45) is 0. The molecule has 0 atom stereocenters. The van der Waals surface area contributed by atoms with Crippen LogP contribution in [0.1, 0.15) is 16.7 Å². The maximum absolute atomic E-state index is 5.42. The van der Waals surface area contributed by atoms with Crippen LogP contribution in [0.2, 0.25) is 0 Å². The van der Waals surface area contributed by atoms with E-state index in [1.807, 2.05) is 18.2 Å². The minimum atomic E-state index is 0. The van der Waals surface area contributed by atoms with Gasteiger partial charge in [0.2, 0.25) is 0 Å². The summed E-state index contributed by atoms with van der Waals surface area (Å²) in [5.41, 5.74) is 3.85. The van der Waals surface area contributed by atoms with Gasteiger partial charge in [0.15, 0.2) is 5.96 Å². The third-order valence-electron chi connectivity index (χ3n) is 4.49. The quantitative estimate of drug-likeness (QED) is 0.379. The molecule has 1 saturated heterocycles. The topological polar surface area (TPSA) is 48.9 Å². The number of guanidine groups is 1. The molecule has 0 radical (unpaired) electrons. The van der Waals surface area contributed by atoms with Gasteiger partial charge in [-0.3, -0.25) is 9.89 Å². The van der Waals surface area contributed by atoms with Crippen LogP contribution in [-0.2, 0) is 24.4 Å². The molecular weight excluding hydrogens is 451 g/mol. The number of halogens is 1. The van der Waals surface area contributed by atoms with E-state index < -0.39 is 0 Å². The van der Waals surface area contributed by atoms with Crippen molar-refractivity contribution in [2.45, 2.75) is 19.6 Å². The van der Waals surface area contributed by atoms with Crippen molar-refractivity contribution in [3.05, 3.63) is 71.3 Å². The lowest BCUT2D eigenvalue weighted by atomic mass is 10.1. The van der Waals surface area contributed by atoms with Gasteiger partial charge in [0.05, 0.1) is 13.2 Å². The molecule has 146 valence electrons. The minimum Gasteiger partial charge on any atom is -0.379 e. The number of nitrogens with one attached hydrogen (secondary N) is 2. The molecule has 1 heterocycles. The third kappa shape index (κ3) is 7.48. The molecule has 0 aromatic heterocycles. The van der Waals surface area contributed by atoms with Gasteiger partial charge in [-0.1, -0.05) is 54.6 Å². The van der Waals surface area contributed by atoms with E-state index in [2.05, 4.69) is 56.9 Å². The number of rotatable bonds is 6. The lowest BCUT2D eigenvalue weighted by Gasteiger charge is -2.26. The first-order chi connectivity index (χ1) is 12.8. The maximum atomic E-state index is 5.42. The molecular formula is C21H29IN4O. The molecule has 2 aromatic rings. The van der Waals surface area contributed by atoms with Crippen molar-refractivity contribution in [3.8, 4) is 0 Å². The van der Waals surface area contributed by atoms with Crippen LogP contribution in [0.15, 0.2) is 59.6 Å². The molecule has 3 rings (SSSR count). The summed E-state index contributed by atoms with van der Waals surface area (Å²) in [5.74, 6) is 0.812. The van der Waals surface area contributed by atoms with Crippen molar-refractivity contribution in [2.24, 2.45) is 4.99 Å². The average molecular weight is 480 g/mol. The van der Waals surface area contributed by atoms with E-state index in [9.17, 15) is 0 Å². The Kier molecular flexibility index (Phi) is 9.58. The smallest absolute Gasteiger partial charge is 0.191 e. The highest BCUT2D eigenvalue weighted by Crippen LogP contribution is 2.10. The second kappa shape index (κ2) is 11.9. The lowest BCUT2D eigenvalue weighted by molar-refractivity contribution is 0.0342. The van der Waals surface area contributed by atoms with Crippen molar-refractivity contribution >= 4 is 29.9 Å². The fraction of sp³-hybridized carbons (Fsp3) is 0.381. The highest BCUT2D eigenvalue weighted by molar-refractivity contribution is 14.0. The highest BCUT2D eigenvalue weighted by Gasteiger charge is 2.10. The monoisotopic (exact) mass is 480 g/mol. The molecule has 1 aliphatic heterocycles. The van der Waals surface area contributed by atoms with E-state index in [0.29, 0.717) is 0 Å². The second-order valence-corrected chi connectivity index (χ2v) is 6.47. The Hall–Kier alpha value is -1.64. The lowest BCUT2D eigenvalue weighted by Crippen LogP contribution is -2.36. The molecule has 6 heteroatoms. The van der Waals surface area contributed by atoms with Crippen molar-refractivity contribution in [2.75, 3.05) is 33.4 Å². The van der Waals surface area contributed by atoms with E-state index in [0.717, 1.165) is 51.9 Å². The zero-order chi connectivity index (χ0) is 18.0. The largest absolute Gasteiger partial charge is 0.379 e. The van der Waals surface area contributed by atoms with Gasteiger partial charge in [-0.05, 0) is 16.7 Å². The Bertz CT molecular complexity index is 702. The summed E-state index contributed by atoms with van der Waals surface area (Å²) in [5, 5.41) is 6.75. The molecule has 0 spiro atoms. The first-order valence-corrected chi connectivity index (χ1v) is 9.20. The van der Waals surface area contributed by atoms with Crippen LogP contribution >= 0.6 is 24.0 Å². The Morgan fingerprint density at radius 2 is 1.56 bits per heavy atom. The van der Waals surface area contributed by atoms with Crippen LogP contribution in [0, 0.1) is 0 Å². The molecule has 2 N–H and O–H groups in total. The number of ether oxygens (including phenoxy) is 1. The summed E-state index contributed by atoms with van der Waals surface area (Å²) in [6, 6.07) is 19.1. The SMILES string of the molecule is CN=C(NCc1ccccc1)NCc1cccc(CN2CCOCC2)c1.I. The predicted molar refractivity (Wildman–Crippen MR) is 121 cm³/mol. The normalized spacial score (nSPS) is 15.1. The zero-order valence-electron chi connectivity index (χ0n) is 15.9. The van der Waals surface area contributed by atoms with E-state index >= 15 is 0 Å². The number of hydrogen-bond donors (Lipinski definition) is 2. The molecule has 0 amide bonds. The van der Waals surface area contributed by atoms with Crippen molar-refractivity contribution < 1.29 is 4.74 Å². The van der Waals surface area contributed by atoms with Crippen molar-refractivity contribution in [1.29, 1.82) is 0 Å². The Morgan fingerprint density at radius 1 is 0.926 bits per heavy atom. The molecule has 0 saturated carbocycles. The second-order valence-electron chi connectivity index (χ2n) is 6.47. The van der Waals surface area contributed by atoms with Crippen LogP contribution in [0.3, 0.4) is 0 Å². The molecule has 1 fully saturated rings. The van der Waals surface area contributed by atoms with Gasteiger partial charge in [0, 0.05) is 39.8 Å². The van der Waals surface area contributed by atoms with Gasteiger partial charge in [-0.15, -0.1) is 24.0 Å². The zero-order valence-corrected chi connectivity index (χ0v) is 18.2. The number of aliphatic imine (C=N–C) groups is 1. The third-order valence-corrected chi connectivity index (χ3v) is 4.49. The van der Waals surface area contributed by atoms with Crippen LogP contribution in [-0.4, -0.2) is 44.2 Å². The molecule has 2 aromatic carbocycles. The average Bonchev–Trinajstić information content (AvgIpc) is 2.70. The highest BCUT2D eigenvalue weighted by atomic mass is 127. The fourth-order valence-corrected chi connectivity index (χ4v) is 3.04. The van der Waals surface area contributed by atoms with Crippen LogP contribution in [0.25, 0.3) is 0 Å². The summed E-state index contributed by atoms with van der Waals surface area (Å²) in [6.45, 7) is 6.20. The van der Waals surface area contributed by atoms with Crippen LogP contribution < -0.4 is 10.6 Å². The Morgan fingerprint density at radius 3 is 2.26 bits per heavy atom. The van der Waals surface area contributed by atoms with Crippen molar-refractivity contribution in [3.63, 3.8) is 0 Å². The first-order valence-electron chi connectivity index (χ1n) is 9.20. The van der Waals surface area contributed by atoms with E-state index in [1.54, 1.807) is 7.05 Å². The predicted octanol–water partition coefficient (Wildman–Crippen LogP) is 3.00. The van der Waals surface area contributed by atoms with Gasteiger partial charge >= 0.3 is 0 Å². The fourth-order valence-electron chi connectivity index (χ4n) is 3.04. The van der Waals surface area contributed by atoms with Gasteiger partial charge in [-0.2, -0.15) is 0 Å². The van der Waals surface area contributed by atoms with Gasteiger partial charge < -0.3 is 15.4 Å². The molecule has 27 heavy (non-hydrogen) atoms. The molecule has 1 aliphatic rings. The molecule has 0 unspecified atom stereocenters. The first kappa shape index (κ1) is 21.7. The molecule has 0 aliphatic carbocycles. The standard InChI is InChI=1S/C21H28N4O.HI/c1-22-21(23-15-18-6-3-2-4-7-18)24-16-19-8-5-9-20(14-19)17-25-10-12-26-13-11-25;/h2-9,14H,10-13,15-17H2,1H3,(H2,22,23,24);1H. The molecule has 0 bridgehead atoms. The Balaban J connectivity index is 0.00000261. The van der Waals surface area contributed by atoms with E-state index in [1.165, 1.54) is 16.7 Å². The van der Waals surface area contributed by atoms with Crippen molar-refractivity contribution in [1.82, 2.24) is 15.5 Å². The summed E-state index contributed by atoms with van der Waals surface area (Å²) in [4.78, 5) is 6.75. The molecule has 5 nitrogen and oxygen atoms in total. The maximum Gasteiger partial charge on any atom is 0.191 e. The number of benzene rings is 2. The summed E-state index contributed by atoms with van der Waals surface area (Å²) >= 11 is 0. The van der Waals surface area contributed by atoms with Gasteiger partial charge in [-0.25, -0.2) is 0 Å².